The lowest BCUT2D eigenvalue weighted by Crippen LogP contribution is -2.35. The molecule has 1 saturated heterocycles. The molecule has 1 heterocycles. The van der Waals surface area contributed by atoms with Gasteiger partial charge in [0.15, 0.2) is 5.96 Å². The lowest BCUT2D eigenvalue weighted by Gasteiger charge is -2.20. The molecule has 1 aliphatic heterocycles. The van der Waals surface area contributed by atoms with Crippen molar-refractivity contribution in [2.45, 2.75) is 38.5 Å². The monoisotopic (exact) mass is 360 g/mol. The number of nitrogens with two attached hydrogens (primary N) is 1. The third kappa shape index (κ3) is 8.09. The number of aliphatic imine (C=N–C) groups is 1. The molecule has 0 radical (unpaired) electrons. The number of guanidine groups is 1. The Hall–Kier alpha value is -1.04. The Morgan fingerprint density at radius 1 is 1.48 bits per heavy atom. The summed E-state index contributed by atoms with van der Waals surface area (Å²) in [6, 6.07) is 0. The summed E-state index contributed by atoms with van der Waals surface area (Å²) in [5.41, 5.74) is 5.89. The topological polar surface area (TPSA) is 61.9 Å². The van der Waals surface area contributed by atoms with E-state index in [2.05, 4.69) is 11.6 Å². The van der Waals surface area contributed by atoms with Gasteiger partial charge in [-0.15, -0.1) is 23.6 Å². The number of likely N-dealkylation sites (tertiary alicyclic amines) is 1. The van der Waals surface area contributed by atoms with E-state index >= 15 is 0 Å². The molecule has 1 amide bonds. The number of amides is 1. The number of halogens is 1. The van der Waals surface area contributed by atoms with Crippen LogP contribution in [0.5, 0.6) is 0 Å². The molecule has 0 atom stereocenters. The zero-order valence-electron chi connectivity index (χ0n) is 13.1. The van der Waals surface area contributed by atoms with Crippen molar-refractivity contribution in [2.24, 2.45) is 10.7 Å². The van der Waals surface area contributed by atoms with Crippen molar-refractivity contribution in [3.8, 4) is 0 Å². The summed E-state index contributed by atoms with van der Waals surface area (Å²) in [7, 11) is 1.93. The Morgan fingerprint density at radius 2 is 2.24 bits per heavy atom. The van der Waals surface area contributed by atoms with Crippen molar-refractivity contribution < 1.29 is 4.79 Å². The van der Waals surface area contributed by atoms with Gasteiger partial charge in [0, 0.05) is 39.6 Å². The van der Waals surface area contributed by atoms with Crippen LogP contribution in [0.1, 0.15) is 38.5 Å². The fourth-order valence-electron chi connectivity index (χ4n) is 2.25. The third-order valence-electron chi connectivity index (χ3n) is 3.59. The van der Waals surface area contributed by atoms with E-state index in [1.54, 1.807) is 0 Å². The van der Waals surface area contributed by atoms with Gasteiger partial charge in [-0.05, 0) is 25.7 Å². The van der Waals surface area contributed by atoms with E-state index in [4.69, 9.17) is 5.73 Å². The van der Waals surface area contributed by atoms with E-state index in [0.717, 1.165) is 45.3 Å². The number of rotatable bonds is 7. The van der Waals surface area contributed by atoms with Crippen molar-refractivity contribution in [3.05, 3.63) is 12.7 Å². The average Bonchev–Trinajstić information content (AvgIpc) is 2.65. The summed E-state index contributed by atoms with van der Waals surface area (Å²) in [6.07, 6.45) is 7.68. The van der Waals surface area contributed by atoms with Crippen LogP contribution in [0.2, 0.25) is 0 Å². The van der Waals surface area contributed by atoms with Crippen LogP contribution in [-0.2, 0) is 4.79 Å². The van der Waals surface area contributed by atoms with Crippen LogP contribution < -0.4 is 5.73 Å². The van der Waals surface area contributed by atoms with Gasteiger partial charge in [0.05, 0.1) is 0 Å². The second-order valence-corrected chi connectivity index (χ2v) is 5.28. The third-order valence-corrected chi connectivity index (χ3v) is 3.59. The molecule has 0 bridgehead atoms. The molecular formula is C15H29BrN4O. The van der Waals surface area contributed by atoms with Gasteiger partial charge in [0.25, 0.3) is 0 Å². The van der Waals surface area contributed by atoms with Crippen molar-refractivity contribution >= 4 is 28.8 Å². The van der Waals surface area contributed by atoms with E-state index in [9.17, 15) is 4.79 Å². The Labute approximate surface area is 139 Å². The molecule has 122 valence electrons. The maximum Gasteiger partial charge on any atom is 0.222 e. The molecule has 1 rings (SSSR count). The fraction of sp³-hybridized carbons (Fsp3) is 0.733. The van der Waals surface area contributed by atoms with Crippen LogP contribution in [-0.4, -0.2) is 54.9 Å². The van der Waals surface area contributed by atoms with Crippen LogP contribution >= 0.6 is 17.0 Å². The van der Waals surface area contributed by atoms with E-state index in [0.29, 0.717) is 24.8 Å². The summed E-state index contributed by atoms with van der Waals surface area (Å²) < 4.78 is 0. The first kappa shape index (κ1) is 20.0. The highest BCUT2D eigenvalue weighted by Crippen LogP contribution is 2.11. The van der Waals surface area contributed by atoms with Crippen molar-refractivity contribution in [1.29, 1.82) is 0 Å². The number of carbonyl (C=O) groups excluding carboxylic acids is 1. The number of carbonyl (C=O) groups is 1. The summed E-state index contributed by atoms with van der Waals surface area (Å²) in [5.74, 6) is 0.858. The van der Waals surface area contributed by atoms with Gasteiger partial charge < -0.3 is 15.5 Å². The minimum atomic E-state index is 0. The van der Waals surface area contributed by atoms with Gasteiger partial charge in [-0.3, -0.25) is 9.79 Å². The molecule has 0 aromatic carbocycles. The molecule has 5 nitrogen and oxygen atoms in total. The number of hydrogen-bond acceptors (Lipinski definition) is 2. The predicted octanol–water partition coefficient (Wildman–Crippen LogP) is 2.18. The second-order valence-electron chi connectivity index (χ2n) is 5.28. The van der Waals surface area contributed by atoms with E-state index < -0.39 is 0 Å². The molecule has 1 fully saturated rings. The van der Waals surface area contributed by atoms with Gasteiger partial charge in [-0.25, -0.2) is 0 Å². The van der Waals surface area contributed by atoms with E-state index in [1.807, 2.05) is 22.9 Å². The molecule has 0 unspecified atom stereocenters. The number of nitrogens with zero attached hydrogens (tertiary/aromatic N) is 3. The minimum Gasteiger partial charge on any atom is -0.370 e. The molecule has 0 aromatic heterocycles. The Kier molecular flexibility index (Phi) is 11.0. The van der Waals surface area contributed by atoms with Crippen molar-refractivity contribution in [1.82, 2.24) is 9.80 Å². The van der Waals surface area contributed by atoms with Crippen LogP contribution in [0.3, 0.4) is 0 Å². The summed E-state index contributed by atoms with van der Waals surface area (Å²) in [6.45, 7) is 6.90. The molecule has 2 N–H and O–H groups in total. The Balaban J connectivity index is 0.00000400. The molecule has 21 heavy (non-hydrogen) atoms. The zero-order valence-corrected chi connectivity index (χ0v) is 14.8. The fourth-order valence-corrected chi connectivity index (χ4v) is 2.25. The quantitative estimate of drug-likeness (QED) is 0.327. The molecule has 0 spiro atoms. The van der Waals surface area contributed by atoms with Gasteiger partial charge in [0.2, 0.25) is 5.91 Å². The molecule has 6 heteroatoms. The predicted molar refractivity (Wildman–Crippen MR) is 93.9 cm³/mol. The second kappa shape index (κ2) is 11.6. The Morgan fingerprint density at radius 3 is 2.95 bits per heavy atom. The molecule has 0 aromatic rings. The molecule has 1 aliphatic rings. The first-order chi connectivity index (χ1) is 9.65. The lowest BCUT2D eigenvalue weighted by molar-refractivity contribution is -0.130. The van der Waals surface area contributed by atoms with Crippen LogP contribution in [0.25, 0.3) is 0 Å². The minimum absolute atomic E-state index is 0. The molecular weight excluding hydrogens is 332 g/mol. The highest BCUT2D eigenvalue weighted by Gasteiger charge is 2.15. The first-order valence-corrected chi connectivity index (χ1v) is 7.55. The first-order valence-electron chi connectivity index (χ1n) is 7.55. The highest BCUT2D eigenvalue weighted by atomic mass is 79.9. The maximum atomic E-state index is 11.8. The van der Waals surface area contributed by atoms with Gasteiger partial charge in [0.1, 0.15) is 0 Å². The summed E-state index contributed by atoms with van der Waals surface area (Å²) >= 11 is 0. The van der Waals surface area contributed by atoms with Crippen molar-refractivity contribution in [3.63, 3.8) is 0 Å². The standard InChI is InChI=1S/C15H28N4O.BrH/c1-3-4-11-18(2)15(16)17-10-8-13-19-12-7-5-6-9-14(19)20;/h3H,1,4-13H2,2H3,(H2,16,17);1H. The highest BCUT2D eigenvalue weighted by molar-refractivity contribution is 8.93. The van der Waals surface area contributed by atoms with Crippen LogP contribution in [0.4, 0.5) is 0 Å². The lowest BCUT2D eigenvalue weighted by atomic mass is 10.2. The SMILES string of the molecule is Br.C=CCCN(C)C(N)=NCCCN1CCCCCC1=O. The summed E-state index contributed by atoms with van der Waals surface area (Å²) in [5, 5.41) is 0. The average molecular weight is 361 g/mol. The summed E-state index contributed by atoms with van der Waals surface area (Å²) in [4.78, 5) is 20.1. The van der Waals surface area contributed by atoms with Gasteiger partial charge >= 0.3 is 0 Å². The van der Waals surface area contributed by atoms with Crippen molar-refractivity contribution in [2.75, 3.05) is 33.2 Å². The Bertz CT molecular complexity index is 347. The van der Waals surface area contributed by atoms with E-state index in [1.165, 1.54) is 6.42 Å². The van der Waals surface area contributed by atoms with E-state index in [-0.39, 0.29) is 17.0 Å². The van der Waals surface area contributed by atoms with Gasteiger partial charge in [-0.1, -0.05) is 12.5 Å². The normalized spacial score (nSPS) is 16.1. The van der Waals surface area contributed by atoms with Crippen LogP contribution in [0.15, 0.2) is 17.6 Å². The largest absolute Gasteiger partial charge is 0.370 e. The van der Waals surface area contributed by atoms with Crippen LogP contribution in [0, 0.1) is 0 Å². The molecule has 0 saturated carbocycles. The molecule has 0 aliphatic carbocycles. The van der Waals surface area contributed by atoms with Gasteiger partial charge in [-0.2, -0.15) is 0 Å². The zero-order chi connectivity index (χ0) is 14.8. The maximum absolute atomic E-state index is 11.8. The smallest absolute Gasteiger partial charge is 0.222 e. The number of hydrogen-bond donors (Lipinski definition) is 1.